The standard InChI is InChI=1S/C18H25ClN4O3/c1-18(2,3)20-16(24)11-21-6-8-22(9-7-21)12-23-14-5-4-13(19)10-15(14)26-17(23)25/h4-5,10H,6-9,11-12H2,1-3H3,(H,20,24)/p+2. The smallest absolute Gasteiger partial charge is 0.408 e. The minimum absolute atomic E-state index is 0.0878. The van der Waals surface area contributed by atoms with Crippen molar-refractivity contribution in [1.29, 1.82) is 0 Å². The number of aromatic nitrogens is 1. The fraction of sp³-hybridized carbons (Fsp3) is 0.556. The summed E-state index contributed by atoms with van der Waals surface area (Å²) in [6, 6.07) is 5.25. The van der Waals surface area contributed by atoms with Crippen LogP contribution in [0.5, 0.6) is 0 Å². The van der Waals surface area contributed by atoms with Crippen LogP contribution in [0.25, 0.3) is 11.1 Å². The van der Waals surface area contributed by atoms with Gasteiger partial charge in [-0.15, -0.1) is 0 Å². The van der Waals surface area contributed by atoms with Gasteiger partial charge in [0.25, 0.3) is 5.91 Å². The summed E-state index contributed by atoms with van der Waals surface area (Å²) in [7, 11) is 0. The largest absolute Gasteiger partial charge is 0.424 e. The van der Waals surface area contributed by atoms with Crippen molar-refractivity contribution in [3.63, 3.8) is 0 Å². The molecule has 1 aliphatic heterocycles. The van der Waals surface area contributed by atoms with Gasteiger partial charge in [-0.3, -0.25) is 4.79 Å². The quantitative estimate of drug-likeness (QED) is 0.629. The van der Waals surface area contributed by atoms with Gasteiger partial charge >= 0.3 is 5.76 Å². The number of carbonyl (C=O) groups is 1. The molecule has 1 aromatic heterocycles. The first-order valence-corrected chi connectivity index (χ1v) is 9.36. The van der Waals surface area contributed by atoms with Gasteiger partial charge < -0.3 is 19.5 Å². The summed E-state index contributed by atoms with van der Waals surface area (Å²) in [5.41, 5.74) is 1.09. The number of nitrogens with zero attached hydrogens (tertiary/aromatic N) is 1. The van der Waals surface area contributed by atoms with Crippen LogP contribution in [0.2, 0.25) is 5.02 Å². The summed E-state index contributed by atoms with van der Waals surface area (Å²) in [6.45, 7) is 10.7. The van der Waals surface area contributed by atoms with Gasteiger partial charge in [-0.1, -0.05) is 11.6 Å². The Morgan fingerprint density at radius 1 is 1.23 bits per heavy atom. The first-order valence-electron chi connectivity index (χ1n) is 8.98. The van der Waals surface area contributed by atoms with Crippen molar-refractivity contribution in [1.82, 2.24) is 9.88 Å². The molecule has 3 rings (SSSR count). The molecule has 0 radical (unpaired) electrons. The highest BCUT2D eigenvalue weighted by molar-refractivity contribution is 6.31. The van der Waals surface area contributed by atoms with Crippen molar-refractivity contribution in [3.05, 3.63) is 33.8 Å². The van der Waals surface area contributed by atoms with Gasteiger partial charge in [-0.05, 0) is 32.9 Å². The van der Waals surface area contributed by atoms with Crippen molar-refractivity contribution < 1.29 is 19.0 Å². The number of halogens is 1. The third-order valence-corrected chi connectivity index (χ3v) is 4.84. The number of nitrogens with one attached hydrogen (secondary N) is 3. The molecule has 7 nitrogen and oxygen atoms in total. The van der Waals surface area contributed by atoms with E-state index < -0.39 is 0 Å². The van der Waals surface area contributed by atoms with Crippen molar-refractivity contribution in [2.75, 3.05) is 32.7 Å². The maximum absolute atomic E-state index is 12.1. The Hall–Kier alpha value is -1.83. The average Bonchev–Trinajstić information content (AvgIpc) is 2.82. The predicted octanol–water partition coefficient (Wildman–Crippen LogP) is -1.10. The van der Waals surface area contributed by atoms with Gasteiger partial charge in [0.1, 0.15) is 26.2 Å². The highest BCUT2D eigenvalue weighted by Crippen LogP contribution is 2.17. The van der Waals surface area contributed by atoms with Gasteiger partial charge in [0, 0.05) is 16.6 Å². The Bertz CT molecular complexity index is 844. The summed E-state index contributed by atoms with van der Waals surface area (Å²) in [5.74, 6) is -0.265. The zero-order valence-corrected chi connectivity index (χ0v) is 16.3. The summed E-state index contributed by atoms with van der Waals surface area (Å²) < 4.78 is 6.96. The van der Waals surface area contributed by atoms with Gasteiger partial charge in [0.2, 0.25) is 0 Å². The Morgan fingerprint density at radius 3 is 2.54 bits per heavy atom. The molecule has 1 fully saturated rings. The van der Waals surface area contributed by atoms with E-state index in [4.69, 9.17) is 16.0 Å². The molecule has 0 aliphatic carbocycles. The monoisotopic (exact) mass is 382 g/mol. The SMILES string of the molecule is CC(C)(C)NC(=O)C[NH+]1CC[NH+](Cn2c(=O)oc3cc(Cl)ccc32)CC1. The molecule has 0 unspecified atom stereocenters. The molecule has 0 saturated carbocycles. The Morgan fingerprint density at radius 2 is 1.88 bits per heavy atom. The second kappa shape index (κ2) is 7.42. The minimum Gasteiger partial charge on any atom is -0.408 e. The first-order chi connectivity index (χ1) is 12.2. The lowest BCUT2D eigenvalue weighted by Gasteiger charge is -2.30. The first kappa shape index (κ1) is 18.9. The Labute approximate surface area is 157 Å². The molecule has 0 bridgehead atoms. The number of piperazine rings is 1. The lowest BCUT2D eigenvalue weighted by Crippen LogP contribution is -3.28. The van der Waals surface area contributed by atoms with Crippen molar-refractivity contribution >= 4 is 28.6 Å². The average molecular weight is 383 g/mol. The van der Waals surface area contributed by atoms with E-state index in [2.05, 4.69) is 5.32 Å². The molecule has 1 aromatic carbocycles. The van der Waals surface area contributed by atoms with Crippen LogP contribution in [0, 0.1) is 0 Å². The van der Waals surface area contributed by atoms with Crippen LogP contribution in [0.4, 0.5) is 0 Å². The number of benzene rings is 1. The Kier molecular flexibility index (Phi) is 5.41. The predicted molar refractivity (Wildman–Crippen MR) is 99.6 cm³/mol. The van der Waals surface area contributed by atoms with Crippen LogP contribution in [0.15, 0.2) is 27.4 Å². The number of fused-ring (bicyclic) bond motifs is 1. The topological polar surface area (TPSA) is 73.1 Å². The molecule has 1 saturated heterocycles. The molecule has 2 heterocycles. The van der Waals surface area contributed by atoms with Crippen molar-refractivity contribution in [3.8, 4) is 0 Å². The number of amides is 1. The van der Waals surface area contributed by atoms with Crippen LogP contribution in [-0.2, 0) is 11.5 Å². The zero-order chi connectivity index (χ0) is 18.9. The normalized spacial score (nSPS) is 21.1. The van der Waals surface area contributed by atoms with E-state index in [1.54, 1.807) is 16.7 Å². The third kappa shape index (κ3) is 4.66. The molecule has 142 valence electrons. The fourth-order valence-electron chi connectivity index (χ4n) is 3.40. The maximum atomic E-state index is 12.1. The van der Waals surface area contributed by atoms with Crippen LogP contribution in [0.3, 0.4) is 0 Å². The van der Waals surface area contributed by atoms with E-state index in [1.165, 1.54) is 9.80 Å². The molecular weight excluding hydrogens is 356 g/mol. The second-order valence-electron chi connectivity index (χ2n) is 8.04. The number of rotatable bonds is 4. The summed E-state index contributed by atoms with van der Waals surface area (Å²) in [4.78, 5) is 26.8. The van der Waals surface area contributed by atoms with Gasteiger partial charge in [-0.25, -0.2) is 9.36 Å². The fourth-order valence-corrected chi connectivity index (χ4v) is 3.56. The van der Waals surface area contributed by atoms with Crippen LogP contribution in [0.1, 0.15) is 20.8 Å². The molecular formula is C18H27ClN4O3+2. The van der Waals surface area contributed by atoms with Crippen molar-refractivity contribution in [2.24, 2.45) is 0 Å². The van der Waals surface area contributed by atoms with E-state index in [0.717, 1.165) is 31.7 Å². The zero-order valence-electron chi connectivity index (χ0n) is 15.5. The van der Waals surface area contributed by atoms with E-state index in [-0.39, 0.29) is 17.2 Å². The highest BCUT2D eigenvalue weighted by Gasteiger charge is 2.27. The van der Waals surface area contributed by atoms with E-state index in [0.29, 0.717) is 23.8 Å². The molecule has 1 aliphatic rings. The molecule has 26 heavy (non-hydrogen) atoms. The second-order valence-corrected chi connectivity index (χ2v) is 8.48. The van der Waals surface area contributed by atoms with E-state index >= 15 is 0 Å². The van der Waals surface area contributed by atoms with Crippen LogP contribution in [-0.4, -0.2) is 48.7 Å². The van der Waals surface area contributed by atoms with E-state index in [1.807, 2.05) is 26.8 Å². The van der Waals surface area contributed by atoms with Crippen molar-refractivity contribution in [2.45, 2.75) is 33.0 Å². The third-order valence-electron chi connectivity index (χ3n) is 4.60. The number of hydrogen-bond acceptors (Lipinski definition) is 3. The van der Waals surface area contributed by atoms with Gasteiger partial charge in [-0.2, -0.15) is 0 Å². The molecule has 2 aromatic rings. The number of oxazole rings is 1. The molecule has 0 spiro atoms. The van der Waals surface area contributed by atoms with Gasteiger partial charge in [0.15, 0.2) is 18.8 Å². The molecule has 1 amide bonds. The van der Waals surface area contributed by atoms with E-state index in [9.17, 15) is 9.59 Å². The van der Waals surface area contributed by atoms with Crippen LogP contribution >= 0.6 is 11.6 Å². The minimum atomic E-state index is -0.353. The Balaban J connectivity index is 1.57. The summed E-state index contributed by atoms with van der Waals surface area (Å²) in [5, 5.41) is 3.56. The molecule has 3 N–H and O–H groups in total. The maximum Gasteiger partial charge on any atom is 0.424 e. The lowest BCUT2D eigenvalue weighted by atomic mass is 10.1. The lowest BCUT2D eigenvalue weighted by molar-refractivity contribution is -1.02. The molecule has 8 heteroatoms. The number of carbonyl (C=O) groups excluding carboxylic acids is 1. The number of quaternary nitrogens is 2. The highest BCUT2D eigenvalue weighted by atomic mass is 35.5. The molecule has 0 atom stereocenters. The summed E-state index contributed by atoms with van der Waals surface area (Å²) in [6.07, 6.45) is 0. The van der Waals surface area contributed by atoms with Gasteiger partial charge in [0.05, 0.1) is 5.52 Å². The van der Waals surface area contributed by atoms with Crippen LogP contribution < -0.4 is 20.9 Å². The summed E-state index contributed by atoms with van der Waals surface area (Å²) >= 11 is 5.96. The number of hydrogen-bond donors (Lipinski definition) is 3.